The summed E-state index contributed by atoms with van der Waals surface area (Å²) in [5.74, 6) is -0.802. The van der Waals surface area contributed by atoms with Gasteiger partial charge in [-0.2, -0.15) is 0 Å². The van der Waals surface area contributed by atoms with E-state index >= 15 is 0 Å². The molecule has 2 aromatic rings. The lowest BCUT2D eigenvalue weighted by molar-refractivity contribution is -0.121. The molecule has 0 spiro atoms. The van der Waals surface area contributed by atoms with E-state index in [1.807, 2.05) is 0 Å². The van der Waals surface area contributed by atoms with E-state index in [1.165, 1.54) is 4.57 Å². The van der Waals surface area contributed by atoms with Gasteiger partial charge in [0, 0.05) is 13.2 Å². The van der Waals surface area contributed by atoms with Crippen molar-refractivity contribution in [2.75, 3.05) is 26.4 Å². The van der Waals surface area contributed by atoms with Crippen molar-refractivity contribution in [3.8, 4) is 0 Å². The molecule has 2 rings (SSSR count). The highest BCUT2D eigenvalue weighted by atomic mass is 16.5. The van der Waals surface area contributed by atoms with Gasteiger partial charge in [0.15, 0.2) is 5.58 Å². The normalized spacial score (nSPS) is 10.9. The van der Waals surface area contributed by atoms with Gasteiger partial charge in [-0.05, 0) is 18.6 Å². The summed E-state index contributed by atoms with van der Waals surface area (Å²) < 4.78 is 11.4. The number of nitrogens with one attached hydrogen (secondary N) is 1. The quantitative estimate of drug-likeness (QED) is 0.674. The van der Waals surface area contributed by atoms with Gasteiger partial charge in [-0.3, -0.25) is 9.36 Å². The lowest BCUT2D eigenvalue weighted by Gasteiger charge is -2.06. The number of hydrogen-bond donors (Lipinski definition) is 2. The first-order valence-corrected chi connectivity index (χ1v) is 6.76. The minimum atomic E-state index is -0.544. The third-order valence-corrected chi connectivity index (χ3v) is 2.90. The second-order valence-corrected chi connectivity index (χ2v) is 4.46. The van der Waals surface area contributed by atoms with Gasteiger partial charge >= 0.3 is 5.76 Å². The van der Waals surface area contributed by atoms with E-state index in [1.54, 1.807) is 24.3 Å². The molecule has 0 bridgehead atoms. The average molecular weight is 294 g/mol. The minimum absolute atomic E-state index is 0.0111. The van der Waals surface area contributed by atoms with Crippen molar-refractivity contribution in [2.45, 2.75) is 13.0 Å². The molecule has 1 aromatic heterocycles. The average Bonchev–Trinajstić information content (AvgIpc) is 2.79. The van der Waals surface area contributed by atoms with E-state index in [9.17, 15) is 9.59 Å². The Morgan fingerprint density at radius 1 is 1.33 bits per heavy atom. The molecule has 114 valence electrons. The van der Waals surface area contributed by atoms with Crippen molar-refractivity contribution in [1.82, 2.24) is 9.88 Å². The van der Waals surface area contributed by atoms with Gasteiger partial charge in [0.05, 0.1) is 18.7 Å². The maximum Gasteiger partial charge on any atom is 0.420 e. The van der Waals surface area contributed by atoms with Crippen LogP contribution in [0.25, 0.3) is 11.1 Å². The van der Waals surface area contributed by atoms with Crippen LogP contribution in [0, 0.1) is 0 Å². The molecule has 0 aliphatic rings. The molecule has 0 unspecified atom stereocenters. The number of aliphatic hydroxyl groups excluding tert-OH is 1. The van der Waals surface area contributed by atoms with Crippen molar-refractivity contribution in [2.24, 2.45) is 0 Å². The summed E-state index contributed by atoms with van der Waals surface area (Å²) in [6.07, 6.45) is 0.646. The Morgan fingerprint density at radius 2 is 2.14 bits per heavy atom. The van der Waals surface area contributed by atoms with Crippen LogP contribution in [0.5, 0.6) is 0 Å². The Balaban J connectivity index is 1.84. The van der Waals surface area contributed by atoms with Gasteiger partial charge in [-0.15, -0.1) is 0 Å². The zero-order chi connectivity index (χ0) is 15.1. The smallest absolute Gasteiger partial charge is 0.408 e. The van der Waals surface area contributed by atoms with Crippen molar-refractivity contribution >= 4 is 17.0 Å². The number of amides is 1. The highest BCUT2D eigenvalue weighted by Gasteiger charge is 2.11. The number of hydrogen-bond acceptors (Lipinski definition) is 5. The van der Waals surface area contributed by atoms with Crippen LogP contribution in [0.3, 0.4) is 0 Å². The molecule has 0 saturated carbocycles. The summed E-state index contributed by atoms with van der Waals surface area (Å²) in [7, 11) is 0. The fourth-order valence-electron chi connectivity index (χ4n) is 1.93. The molecule has 2 N–H and O–H groups in total. The number of oxazole rings is 1. The van der Waals surface area contributed by atoms with Crippen LogP contribution in [-0.4, -0.2) is 41.9 Å². The summed E-state index contributed by atoms with van der Waals surface area (Å²) in [5.41, 5.74) is 1.07. The molecule has 0 aliphatic carbocycles. The number of carbonyl (C=O) groups is 1. The molecule has 0 atom stereocenters. The number of aliphatic hydroxyl groups is 1. The second kappa shape index (κ2) is 7.61. The third-order valence-electron chi connectivity index (χ3n) is 2.90. The molecule has 1 heterocycles. The summed E-state index contributed by atoms with van der Waals surface area (Å²) in [6, 6.07) is 6.96. The largest absolute Gasteiger partial charge is 0.420 e. The molecular formula is C14H18N2O5. The zero-order valence-corrected chi connectivity index (χ0v) is 11.6. The minimum Gasteiger partial charge on any atom is -0.408 e. The first-order chi connectivity index (χ1) is 10.2. The molecule has 1 aromatic carbocycles. The topological polar surface area (TPSA) is 93.7 Å². The lowest BCUT2D eigenvalue weighted by Crippen LogP contribution is -2.31. The van der Waals surface area contributed by atoms with E-state index in [0.29, 0.717) is 37.3 Å². The van der Waals surface area contributed by atoms with Crippen LogP contribution < -0.4 is 11.1 Å². The van der Waals surface area contributed by atoms with Crippen molar-refractivity contribution in [1.29, 1.82) is 0 Å². The highest BCUT2D eigenvalue weighted by molar-refractivity contribution is 5.79. The number of aromatic nitrogens is 1. The fraction of sp³-hybridized carbons (Fsp3) is 0.429. The van der Waals surface area contributed by atoms with Gasteiger partial charge in [-0.1, -0.05) is 12.1 Å². The maximum atomic E-state index is 11.8. The molecule has 0 aliphatic heterocycles. The predicted octanol–water partition coefficient (Wildman–Crippen LogP) is 0.110. The molecule has 7 nitrogen and oxygen atoms in total. The van der Waals surface area contributed by atoms with Gasteiger partial charge in [0.2, 0.25) is 5.91 Å². The fourth-order valence-corrected chi connectivity index (χ4v) is 1.93. The van der Waals surface area contributed by atoms with E-state index in [0.717, 1.165) is 0 Å². The Morgan fingerprint density at radius 3 is 2.95 bits per heavy atom. The zero-order valence-electron chi connectivity index (χ0n) is 11.6. The van der Waals surface area contributed by atoms with Crippen LogP contribution in [0.15, 0.2) is 33.5 Å². The van der Waals surface area contributed by atoms with Gasteiger partial charge < -0.3 is 19.6 Å². The third kappa shape index (κ3) is 4.17. The van der Waals surface area contributed by atoms with Gasteiger partial charge in [0.1, 0.15) is 6.54 Å². The Labute approximate surface area is 121 Å². The predicted molar refractivity (Wildman–Crippen MR) is 76.0 cm³/mol. The number of fused-ring (bicyclic) bond motifs is 1. The number of benzene rings is 1. The van der Waals surface area contributed by atoms with Crippen LogP contribution in [0.2, 0.25) is 0 Å². The SMILES string of the molecule is O=C(Cn1c(=O)oc2ccccc21)NCCCOCCO. The van der Waals surface area contributed by atoms with E-state index in [-0.39, 0.29) is 19.1 Å². The van der Waals surface area contributed by atoms with Gasteiger partial charge in [-0.25, -0.2) is 4.79 Å². The Bertz CT molecular complexity index is 646. The molecular weight excluding hydrogens is 276 g/mol. The van der Waals surface area contributed by atoms with E-state index in [2.05, 4.69) is 5.32 Å². The first kappa shape index (κ1) is 15.3. The van der Waals surface area contributed by atoms with Crippen LogP contribution >= 0.6 is 0 Å². The van der Waals surface area contributed by atoms with Crippen LogP contribution in [0.1, 0.15) is 6.42 Å². The Hall–Kier alpha value is -2.12. The van der Waals surface area contributed by atoms with Crippen molar-refractivity contribution in [3.05, 3.63) is 34.8 Å². The summed E-state index contributed by atoms with van der Waals surface area (Å²) in [4.78, 5) is 23.5. The van der Waals surface area contributed by atoms with Crippen molar-refractivity contribution < 1.29 is 19.1 Å². The molecule has 1 amide bonds. The number of nitrogens with zero attached hydrogens (tertiary/aromatic N) is 1. The molecule has 21 heavy (non-hydrogen) atoms. The second-order valence-electron chi connectivity index (χ2n) is 4.46. The molecule has 7 heteroatoms. The van der Waals surface area contributed by atoms with Gasteiger partial charge in [0.25, 0.3) is 0 Å². The standard InChI is InChI=1S/C14H18N2O5/c17-7-9-20-8-3-6-15-13(18)10-16-11-4-1-2-5-12(11)21-14(16)19/h1-2,4-5,17H,3,6-10H2,(H,15,18). The van der Waals surface area contributed by atoms with E-state index in [4.69, 9.17) is 14.3 Å². The number of ether oxygens (including phenoxy) is 1. The van der Waals surface area contributed by atoms with E-state index < -0.39 is 5.76 Å². The number of carbonyl (C=O) groups excluding carboxylic acids is 1. The first-order valence-electron chi connectivity index (χ1n) is 6.76. The summed E-state index contributed by atoms with van der Waals surface area (Å²) >= 11 is 0. The molecule has 0 radical (unpaired) electrons. The summed E-state index contributed by atoms with van der Waals surface area (Å²) in [5, 5.41) is 11.2. The number of para-hydroxylation sites is 2. The molecule has 0 saturated heterocycles. The maximum absolute atomic E-state index is 11.8. The molecule has 0 fully saturated rings. The van der Waals surface area contributed by atoms with Crippen LogP contribution in [0.4, 0.5) is 0 Å². The number of rotatable bonds is 8. The van der Waals surface area contributed by atoms with Crippen LogP contribution in [-0.2, 0) is 16.1 Å². The monoisotopic (exact) mass is 294 g/mol. The van der Waals surface area contributed by atoms with Crippen molar-refractivity contribution in [3.63, 3.8) is 0 Å². The lowest BCUT2D eigenvalue weighted by atomic mass is 10.3. The Kier molecular flexibility index (Phi) is 5.53. The summed E-state index contributed by atoms with van der Waals surface area (Å²) in [6.45, 7) is 1.13. The highest BCUT2D eigenvalue weighted by Crippen LogP contribution is 2.11.